The molecule has 0 aliphatic rings. The summed E-state index contributed by atoms with van der Waals surface area (Å²) in [5.41, 5.74) is 4.32. The Hall–Kier alpha value is -3.85. The molecule has 146 valence electrons. The summed E-state index contributed by atoms with van der Waals surface area (Å²) in [6.45, 7) is 1.38. The van der Waals surface area contributed by atoms with Crippen molar-refractivity contribution in [1.29, 1.82) is 0 Å². The van der Waals surface area contributed by atoms with Crippen LogP contribution in [0.25, 0.3) is 21.5 Å². The highest BCUT2D eigenvalue weighted by molar-refractivity contribution is 5.94. The van der Waals surface area contributed by atoms with E-state index in [2.05, 4.69) is 114 Å². The summed E-state index contributed by atoms with van der Waals surface area (Å²) in [7, 11) is 0. The number of nitrogens with one attached hydrogen (secondary N) is 2. The van der Waals surface area contributed by atoms with E-state index < -0.39 is 0 Å². The molecule has 0 bridgehead atoms. The van der Waals surface area contributed by atoms with Crippen LogP contribution < -0.4 is 10.6 Å². The van der Waals surface area contributed by atoms with Crippen molar-refractivity contribution < 1.29 is 0 Å². The van der Waals surface area contributed by atoms with Crippen molar-refractivity contribution in [2.24, 2.45) is 0 Å². The number of pyridine rings is 1. The molecule has 0 amide bonds. The average Bonchev–Trinajstić information content (AvgIpc) is 2.81. The lowest BCUT2D eigenvalue weighted by molar-refractivity contribution is 0.968. The molecule has 5 aromatic rings. The molecule has 0 spiro atoms. The zero-order valence-corrected chi connectivity index (χ0v) is 16.7. The lowest BCUT2D eigenvalue weighted by Crippen LogP contribution is -2.06. The van der Waals surface area contributed by atoms with E-state index in [0.29, 0.717) is 13.1 Å². The molecule has 0 saturated heterocycles. The first-order chi connectivity index (χ1) is 14.9. The summed E-state index contributed by atoms with van der Waals surface area (Å²) in [5.74, 6) is 0. The second kappa shape index (κ2) is 8.26. The van der Waals surface area contributed by atoms with Crippen LogP contribution in [0.4, 0.5) is 11.4 Å². The Balaban J connectivity index is 1.29. The lowest BCUT2D eigenvalue weighted by atomic mass is 10.1. The molecule has 0 fully saturated rings. The molecular weight excluding hydrogens is 366 g/mol. The van der Waals surface area contributed by atoms with E-state index >= 15 is 0 Å². The summed E-state index contributed by atoms with van der Waals surface area (Å²) in [6, 6.07) is 35.8. The maximum Gasteiger partial charge on any atom is 0.0598 e. The molecule has 1 aromatic heterocycles. The number of fused-ring (bicyclic) bond motifs is 2. The van der Waals surface area contributed by atoms with Gasteiger partial charge in [-0.1, -0.05) is 78.9 Å². The quantitative estimate of drug-likeness (QED) is 0.343. The molecule has 0 aliphatic carbocycles. The Kier molecular flexibility index (Phi) is 5.01. The number of aromatic nitrogens is 1. The largest absolute Gasteiger partial charge is 0.379 e. The summed E-state index contributed by atoms with van der Waals surface area (Å²) >= 11 is 0. The highest BCUT2D eigenvalue weighted by atomic mass is 14.9. The van der Waals surface area contributed by atoms with Gasteiger partial charge >= 0.3 is 0 Å². The van der Waals surface area contributed by atoms with Crippen molar-refractivity contribution in [2.75, 3.05) is 10.6 Å². The van der Waals surface area contributed by atoms with Crippen LogP contribution in [0.15, 0.2) is 103 Å². The van der Waals surface area contributed by atoms with E-state index in [1.165, 1.54) is 21.5 Å². The molecule has 0 aliphatic heterocycles. The van der Waals surface area contributed by atoms with E-state index in [0.717, 1.165) is 22.8 Å². The van der Waals surface area contributed by atoms with Crippen molar-refractivity contribution in [1.82, 2.24) is 4.98 Å². The topological polar surface area (TPSA) is 37.0 Å². The Morgan fingerprint density at radius 3 is 1.43 bits per heavy atom. The predicted molar refractivity (Wildman–Crippen MR) is 127 cm³/mol. The molecule has 0 atom stereocenters. The van der Waals surface area contributed by atoms with Crippen LogP contribution >= 0.6 is 0 Å². The van der Waals surface area contributed by atoms with E-state index in [9.17, 15) is 0 Å². The normalized spacial score (nSPS) is 10.9. The standard InChI is InChI=1S/C27H23N3/c1-3-14-24-20(8-1)10-5-16-26(24)28-18-22-12-7-13-23(30-22)19-29-27-17-6-11-21-9-2-4-15-25(21)27/h1-17,28-29H,18-19H2. The lowest BCUT2D eigenvalue weighted by Gasteiger charge is -2.12. The number of nitrogens with zero attached hydrogens (tertiary/aromatic N) is 1. The van der Waals surface area contributed by atoms with Crippen molar-refractivity contribution in [3.63, 3.8) is 0 Å². The van der Waals surface area contributed by atoms with Crippen molar-refractivity contribution in [2.45, 2.75) is 13.1 Å². The maximum atomic E-state index is 4.84. The summed E-state index contributed by atoms with van der Waals surface area (Å²) < 4.78 is 0. The first-order valence-electron chi connectivity index (χ1n) is 10.2. The van der Waals surface area contributed by atoms with Crippen molar-refractivity contribution >= 4 is 32.9 Å². The second-order valence-corrected chi connectivity index (χ2v) is 7.38. The summed E-state index contributed by atoms with van der Waals surface area (Å²) in [5, 5.41) is 12.0. The van der Waals surface area contributed by atoms with E-state index in [1.807, 2.05) is 0 Å². The minimum atomic E-state index is 0.691. The molecule has 0 saturated carbocycles. The third-order valence-electron chi connectivity index (χ3n) is 5.36. The molecule has 2 N–H and O–H groups in total. The van der Waals surface area contributed by atoms with Crippen LogP contribution in [0.3, 0.4) is 0 Å². The second-order valence-electron chi connectivity index (χ2n) is 7.38. The fraction of sp³-hybridized carbons (Fsp3) is 0.0741. The molecule has 0 radical (unpaired) electrons. The first kappa shape index (κ1) is 18.2. The number of hydrogen-bond acceptors (Lipinski definition) is 3. The van der Waals surface area contributed by atoms with Gasteiger partial charge in [0.05, 0.1) is 24.5 Å². The number of benzene rings is 4. The SMILES string of the molecule is c1cc(CNc2cccc3ccccc23)nc(CNc2cccc3ccccc23)c1. The molecule has 3 nitrogen and oxygen atoms in total. The van der Waals surface area contributed by atoms with Gasteiger partial charge in [0.25, 0.3) is 0 Å². The van der Waals surface area contributed by atoms with Gasteiger partial charge in [0.1, 0.15) is 0 Å². The average molecular weight is 390 g/mol. The minimum absolute atomic E-state index is 0.691. The van der Waals surface area contributed by atoms with Crippen molar-refractivity contribution in [3.8, 4) is 0 Å². The number of anilines is 2. The van der Waals surface area contributed by atoms with Crippen LogP contribution in [0.2, 0.25) is 0 Å². The van der Waals surface area contributed by atoms with Crippen LogP contribution in [-0.2, 0) is 13.1 Å². The summed E-state index contributed by atoms with van der Waals surface area (Å²) in [6.07, 6.45) is 0. The molecule has 4 aromatic carbocycles. The van der Waals surface area contributed by atoms with Crippen molar-refractivity contribution in [3.05, 3.63) is 115 Å². The van der Waals surface area contributed by atoms with Gasteiger partial charge in [-0.15, -0.1) is 0 Å². The highest BCUT2D eigenvalue weighted by Crippen LogP contribution is 2.24. The zero-order chi connectivity index (χ0) is 20.2. The number of rotatable bonds is 6. The highest BCUT2D eigenvalue weighted by Gasteiger charge is 2.04. The van der Waals surface area contributed by atoms with Gasteiger partial charge in [-0.3, -0.25) is 4.98 Å². The van der Waals surface area contributed by atoms with Gasteiger partial charge in [-0.05, 0) is 35.0 Å². The smallest absolute Gasteiger partial charge is 0.0598 e. The third-order valence-corrected chi connectivity index (χ3v) is 5.36. The Labute approximate surface area is 176 Å². The van der Waals surface area contributed by atoms with Gasteiger partial charge < -0.3 is 10.6 Å². The molecule has 5 rings (SSSR count). The van der Waals surface area contributed by atoms with E-state index in [-0.39, 0.29) is 0 Å². The maximum absolute atomic E-state index is 4.84. The fourth-order valence-corrected chi connectivity index (χ4v) is 3.86. The van der Waals surface area contributed by atoms with Crippen LogP contribution in [-0.4, -0.2) is 4.98 Å². The van der Waals surface area contributed by atoms with Gasteiger partial charge in [-0.2, -0.15) is 0 Å². The molecular formula is C27H23N3. The van der Waals surface area contributed by atoms with Crippen LogP contribution in [0, 0.1) is 0 Å². The Morgan fingerprint density at radius 1 is 0.467 bits per heavy atom. The van der Waals surface area contributed by atoms with E-state index in [4.69, 9.17) is 4.98 Å². The molecule has 0 unspecified atom stereocenters. The predicted octanol–water partition coefficient (Wildman–Crippen LogP) is 6.61. The fourth-order valence-electron chi connectivity index (χ4n) is 3.86. The molecule has 3 heteroatoms. The molecule has 1 heterocycles. The Bertz CT molecular complexity index is 1200. The van der Waals surface area contributed by atoms with E-state index in [1.54, 1.807) is 0 Å². The number of hydrogen-bond donors (Lipinski definition) is 2. The third kappa shape index (κ3) is 3.83. The van der Waals surface area contributed by atoms with Crippen LogP contribution in [0.5, 0.6) is 0 Å². The summed E-state index contributed by atoms with van der Waals surface area (Å²) in [4.78, 5) is 4.84. The molecule has 30 heavy (non-hydrogen) atoms. The zero-order valence-electron chi connectivity index (χ0n) is 16.7. The van der Waals surface area contributed by atoms with Crippen LogP contribution in [0.1, 0.15) is 11.4 Å². The van der Waals surface area contributed by atoms with Gasteiger partial charge in [0, 0.05) is 22.1 Å². The minimum Gasteiger partial charge on any atom is -0.379 e. The van der Waals surface area contributed by atoms with Gasteiger partial charge in [-0.25, -0.2) is 0 Å². The monoisotopic (exact) mass is 389 g/mol. The van der Waals surface area contributed by atoms with Gasteiger partial charge in [0.15, 0.2) is 0 Å². The first-order valence-corrected chi connectivity index (χ1v) is 10.2. The Morgan fingerprint density at radius 2 is 0.900 bits per heavy atom. The van der Waals surface area contributed by atoms with Gasteiger partial charge in [0.2, 0.25) is 0 Å².